The Morgan fingerprint density at radius 2 is 2.45 bits per heavy atom. The van der Waals surface area contributed by atoms with Gasteiger partial charge in [-0.1, -0.05) is 0 Å². The van der Waals surface area contributed by atoms with Crippen LogP contribution < -0.4 is 4.74 Å². The summed E-state index contributed by atoms with van der Waals surface area (Å²) in [6.07, 6.45) is 1.53. The van der Waals surface area contributed by atoms with Gasteiger partial charge in [-0.15, -0.1) is 0 Å². The number of ether oxygens (including phenoxy) is 2. The molecule has 0 aromatic carbocycles. The van der Waals surface area contributed by atoms with Crippen LogP contribution in [0.15, 0.2) is 18.3 Å². The summed E-state index contributed by atoms with van der Waals surface area (Å²) in [6.45, 7) is 0.0879. The first-order chi connectivity index (χ1) is 5.34. The van der Waals surface area contributed by atoms with E-state index in [9.17, 15) is 0 Å². The first kappa shape index (κ1) is 7.81. The Labute approximate surface area is 64.4 Å². The van der Waals surface area contributed by atoms with E-state index in [1.807, 2.05) is 0 Å². The molecule has 1 aromatic rings. The Balaban J connectivity index is 2.62. The van der Waals surface area contributed by atoms with Gasteiger partial charge < -0.3 is 14.6 Å². The van der Waals surface area contributed by atoms with Crippen molar-refractivity contribution >= 4 is 0 Å². The third kappa shape index (κ3) is 2.09. The van der Waals surface area contributed by atoms with E-state index in [-0.39, 0.29) is 18.4 Å². The maximum Gasteiger partial charge on any atom is 0.258 e. The SMILES string of the molecule is COCOc1ncccc1O. The minimum atomic E-state index is 0.0181. The normalized spacial score (nSPS) is 9.55. The molecule has 0 atom stereocenters. The van der Waals surface area contributed by atoms with E-state index in [0.717, 1.165) is 0 Å². The summed E-state index contributed by atoms with van der Waals surface area (Å²) in [5, 5.41) is 9.09. The third-order valence-corrected chi connectivity index (χ3v) is 1.06. The monoisotopic (exact) mass is 155 g/mol. The van der Waals surface area contributed by atoms with Crippen LogP contribution in [0, 0.1) is 0 Å². The van der Waals surface area contributed by atoms with E-state index in [2.05, 4.69) is 9.72 Å². The van der Waals surface area contributed by atoms with E-state index in [0.29, 0.717) is 0 Å². The Morgan fingerprint density at radius 1 is 1.64 bits per heavy atom. The Hall–Kier alpha value is -1.29. The van der Waals surface area contributed by atoms with Gasteiger partial charge in [-0.2, -0.15) is 0 Å². The fraction of sp³-hybridized carbons (Fsp3) is 0.286. The zero-order chi connectivity index (χ0) is 8.10. The van der Waals surface area contributed by atoms with Crippen LogP contribution in [-0.4, -0.2) is 24.0 Å². The van der Waals surface area contributed by atoms with E-state index in [1.165, 1.54) is 19.4 Å². The molecule has 1 heterocycles. The molecule has 0 radical (unpaired) electrons. The van der Waals surface area contributed by atoms with Gasteiger partial charge in [-0.3, -0.25) is 0 Å². The van der Waals surface area contributed by atoms with Gasteiger partial charge in [0.25, 0.3) is 5.88 Å². The van der Waals surface area contributed by atoms with Crippen LogP contribution in [0.25, 0.3) is 0 Å². The average molecular weight is 155 g/mol. The van der Waals surface area contributed by atoms with Crippen molar-refractivity contribution in [3.8, 4) is 11.6 Å². The Kier molecular flexibility index (Phi) is 2.68. The highest BCUT2D eigenvalue weighted by Crippen LogP contribution is 2.20. The van der Waals surface area contributed by atoms with Gasteiger partial charge in [0, 0.05) is 13.3 Å². The second-order valence-corrected chi connectivity index (χ2v) is 1.88. The summed E-state index contributed by atoms with van der Waals surface area (Å²) in [5.41, 5.74) is 0. The van der Waals surface area contributed by atoms with Crippen molar-refractivity contribution in [1.29, 1.82) is 0 Å². The fourth-order valence-electron chi connectivity index (χ4n) is 0.608. The standard InChI is InChI=1S/C7H9NO3/c1-10-5-11-7-6(9)3-2-4-8-7/h2-4,9H,5H2,1H3. The highest BCUT2D eigenvalue weighted by molar-refractivity contribution is 5.30. The highest BCUT2D eigenvalue weighted by Gasteiger charge is 1.99. The predicted octanol–water partition coefficient (Wildman–Crippen LogP) is 0.770. The lowest BCUT2D eigenvalue weighted by molar-refractivity contribution is 0.0457. The number of hydrogen-bond donors (Lipinski definition) is 1. The second-order valence-electron chi connectivity index (χ2n) is 1.88. The van der Waals surface area contributed by atoms with Gasteiger partial charge in [-0.05, 0) is 12.1 Å². The highest BCUT2D eigenvalue weighted by atomic mass is 16.7. The van der Waals surface area contributed by atoms with Crippen molar-refractivity contribution < 1.29 is 14.6 Å². The zero-order valence-electron chi connectivity index (χ0n) is 6.15. The lowest BCUT2D eigenvalue weighted by atomic mass is 10.4. The Bertz CT molecular complexity index is 227. The number of nitrogens with zero attached hydrogens (tertiary/aromatic N) is 1. The molecule has 0 aliphatic heterocycles. The van der Waals surface area contributed by atoms with Gasteiger partial charge >= 0.3 is 0 Å². The van der Waals surface area contributed by atoms with Gasteiger partial charge in [-0.25, -0.2) is 4.98 Å². The number of rotatable bonds is 3. The molecule has 4 heteroatoms. The molecule has 0 fully saturated rings. The topological polar surface area (TPSA) is 51.6 Å². The fourth-order valence-corrected chi connectivity index (χ4v) is 0.608. The maximum atomic E-state index is 9.09. The van der Waals surface area contributed by atoms with Crippen LogP contribution in [0.3, 0.4) is 0 Å². The first-order valence-corrected chi connectivity index (χ1v) is 3.10. The number of aromatic nitrogens is 1. The number of methoxy groups -OCH3 is 1. The molecular formula is C7H9NO3. The molecule has 1 rings (SSSR count). The molecule has 0 bridgehead atoms. The molecule has 0 unspecified atom stereocenters. The number of pyridine rings is 1. The molecule has 1 aromatic heterocycles. The largest absolute Gasteiger partial charge is 0.503 e. The van der Waals surface area contributed by atoms with E-state index < -0.39 is 0 Å². The van der Waals surface area contributed by atoms with Crippen LogP contribution >= 0.6 is 0 Å². The molecule has 4 nitrogen and oxygen atoms in total. The molecular weight excluding hydrogens is 146 g/mol. The van der Waals surface area contributed by atoms with Crippen molar-refractivity contribution in [3.63, 3.8) is 0 Å². The molecule has 0 aliphatic carbocycles. The second kappa shape index (κ2) is 3.78. The van der Waals surface area contributed by atoms with E-state index in [1.54, 1.807) is 6.07 Å². The van der Waals surface area contributed by atoms with Crippen LogP contribution in [0.2, 0.25) is 0 Å². The number of aromatic hydroxyl groups is 1. The van der Waals surface area contributed by atoms with Crippen LogP contribution in [0.1, 0.15) is 0 Å². The van der Waals surface area contributed by atoms with Gasteiger partial charge in [0.15, 0.2) is 12.5 Å². The van der Waals surface area contributed by atoms with Crippen molar-refractivity contribution in [3.05, 3.63) is 18.3 Å². The van der Waals surface area contributed by atoms with Crippen molar-refractivity contribution in [1.82, 2.24) is 4.98 Å². The summed E-state index contributed by atoms with van der Waals surface area (Å²) < 4.78 is 9.53. The third-order valence-electron chi connectivity index (χ3n) is 1.06. The summed E-state index contributed by atoms with van der Waals surface area (Å²) >= 11 is 0. The zero-order valence-corrected chi connectivity index (χ0v) is 6.15. The van der Waals surface area contributed by atoms with Crippen molar-refractivity contribution in [2.24, 2.45) is 0 Å². The first-order valence-electron chi connectivity index (χ1n) is 3.10. The molecule has 1 N–H and O–H groups in total. The molecule has 0 aliphatic rings. The van der Waals surface area contributed by atoms with Crippen LogP contribution in [-0.2, 0) is 4.74 Å². The van der Waals surface area contributed by atoms with Gasteiger partial charge in [0.2, 0.25) is 0 Å². The molecule has 0 saturated carbocycles. The smallest absolute Gasteiger partial charge is 0.258 e. The number of hydrogen-bond acceptors (Lipinski definition) is 4. The van der Waals surface area contributed by atoms with Gasteiger partial charge in [0.05, 0.1) is 0 Å². The van der Waals surface area contributed by atoms with E-state index >= 15 is 0 Å². The minimum Gasteiger partial charge on any atom is -0.503 e. The van der Waals surface area contributed by atoms with Crippen molar-refractivity contribution in [2.45, 2.75) is 0 Å². The van der Waals surface area contributed by atoms with Crippen molar-refractivity contribution in [2.75, 3.05) is 13.9 Å². The average Bonchev–Trinajstić information content (AvgIpc) is 2.03. The molecule has 60 valence electrons. The maximum absolute atomic E-state index is 9.09. The van der Waals surface area contributed by atoms with Crippen LogP contribution in [0.5, 0.6) is 11.6 Å². The van der Waals surface area contributed by atoms with E-state index in [4.69, 9.17) is 9.84 Å². The summed E-state index contributed by atoms with van der Waals surface area (Å²) in [5.74, 6) is 0.207. The molecule has 11 heavy (non-hydrogen) atoms. The van der Waals surface area contributed by atoms with Crippen LogP contribution in [0.4, 0.5) is 0 Å². The molecule has 0 amide bonds. The molecule has 0 saturated heterocycles. The minimum absolute atomic E-state index is 0.0181. The summed E-state index contributed by atoms with van der Waals surface area (Å²) in [4.78, 5) is 3.76. The summed E-state index contributed by atoms with van der Waals surface area (Å²) in [7, 11) is 1.50. The predicted molar refractivity (Wildman–Crippen MR) is 38.4 cm³/mol. The lowest BCUT2D eigenvalue weighted by Gasteiger charge is -2.03. The molecule has 0 spiro atoms. The van der Waals surface area contributed by atoms with Gasteiger partial charge in [0.1, 0.15) is 0 Å². The lowest BCUT2D eigenvalue weighted by Crippen LogP contribution is -2.00. The Morgan fingerprint density at radius 3 is 3.09 bits per heavy atom. The quantitative estimate of drug-likeness (QED) is 0.655. The summed E-state index contributed by atoms with van der Waals surface area (Å²) in [6, 6.07) is 3.12.